The third-order valence-electron chi connectivity index (χ3n) is 3.88. The van der Waals surface area contributed by atoms with E-state index in [-0.39, 0.29) is 18.3 Å². The van der Waals surface area contributed by atoms with Crippen LogP contribution in [-0.2, 0) is 4.79 Å². The number of likely N-dealkylation sites (tertiary alicyclic amines) is 1. The average Bonchev–Trinajstić information content (AvgIpc) is 2.76. The Morgan fingerprint density at radius 1 is 1.33 bits per heavy atom. The second-order valence-corrected chi connectivity index (χ2v) is 5.63. The molecule has 0 aromatic rings. The van der Waals surface area contributed by atoms with Crippen molar-refractivity contribution >= 4 is 18.3 Å². The maximum atomic E-state index is 12.5. The van der Waals surface area contributed by atoms with Gasteiger partial charge in [-0.3, -0.25) is 4.79 Å². The van der Waals surface area contributed by atoms with E-state index in [0.717, 1.165) is 39.0 Å². The molecule has 2 fully saturated rings. The molecule has 5 heteroatoms. The van der Waals surface area contributed by atoms with Gasteiger partial charge in [-0.15, -0.1) is 12.4 Å². The first-order chi connectivity index (χ1) is 8.18. The predicted molar refractivity (Wildman–Crippen MR) is 76.1 cm³/mol. The number of amides is 1. The molecular formula is C13H26ClN3O. The Hall–Kier alpha value is -0.320. The lowest BCUT2D eigenvalue weighted by Crippen LogP contribution is -2.47. The third kappa shape index (κ3) is 3.84. The lowest BCUT2D eigenvalue weighted by atomic mass is 9.98. The van der Waals surface area contributed by atoms with Crippen LogP contribution in [0.2, 0.25) is 0 Å². The SMILES string of the molecule is CN(C)CC1CCCN1C(=O)[C@@H]1CCCNC1.Cl. The number of carbonyl (C=O) groups excluding carboxylic acids is 1. The van der Waals surface area contributed by atoms with Gasteiger partial charge in [0.25, 0.3) is 0 Å². The molecular weight excluding hydrogens is 250 g/mol. The topological polar surface area (TPSA) is 35.6 Å². The van der Waals surface area contributed by atoms with Crippen molar-refractivity contribution in [1.82, 2.24) is 15.1 Å². The number of likely N-dealkylation sites (N-methyl/N-ethyl adjacent to an activating group) is 1. The molecule has 0 radical (unpaired) electrons. The summed E-state index contributed by atoms with van der Waals surface area (Å²) in [6, 6.07) is 0.444. The number of nitrogens with one attached hydrogen (secondary N) is 1. The predicted octanol–water partition coefficient (Wildman–Crippen LogP) is 0.960. The lowest BCUT2D eigenvalue weighted by molar-refractivity contribution is -0.137. The molecule has 18 heavy (non-hydrogen) atoms. The summed E-state index contributed by atoms with van der Waals surface area (Å²) in [6.07, 6.45) is 4.55. The molecule has 0 spiro atoms. The molecule has 0 saturated carbocycles. The van der Waals surface area contributed by atoms with Gasteiger partial charge < -0.3 is 15.1 Å². The molecule has 2 aliphatic heterocycles. The highest BCUT2D eigenvalue weighted by Gasteiger charge is 2.33. The normalized spacial score (nSPS) is 28.3. The Kier molecular flexibility index (Phi) is 6.39. The molecule has 1 unspecified atom stereocenters. The van der Waals surface area contributed by atoms with Crippen molar-refractivity contribution in [2.45, 2.75) is 31.7 Å². The van der Waals surface area contributed by atoms with Gasteiger partial charge in [-0.1, -0.05) is 0 Å². The van der Waals surface area contributed by atoms with Crippen molar-refractivity contribution in [1.29, 1.82) is 0 Å². The Bertz CT molecular complexity index is 267. The molecule has 4 nitrogen and oxygen atoms in total. The number of rotatable bonds is 3. The van der Waals surface area contributed by atoms with Crippen LogP contribution in [0.1, 0.15) is 25.7 Å². The first-order valence-electron chi connectivity index (χ1n) is 6.84. The van der Waals surface area contributed by atoms with Crippen LogP contribution in [0.25, 0.3) is 0 Å². The number of piperidine rings is 1. The van der Waals surface area contributed by atoms with Gasteiger partial charge in [0.2, 0.25) is 5.91 Å². The van der Waals surface area contributed by atoms with E-state index in [1.54, 1.807) is 0 Å². The van der Waals surface area contributed by atoms with E-state index in [0.29, 0.717) is 11.9 Å². The quantitative estimate of drug-likeness (QED) is 0.833. The molecule has 1 N–H and O–H groups in total. The molecule has 2 atom stereocenters. The second-order valence-electron chi connectivity index (χ2n) is 5.63. The Labute approximate surface area is 116 Å². The Morgan fingerprint density at radius 3 is 2.72 bits per heavy atom. The minimum Gasteiger partial charge on any atom is -0.338 e. The monoisotopic (exact) mass is 275 g/mol. The van der Waals surface area contributed by atoms with Crippen molar-refractivity contribution < 1.29 is 4.79 Å². The molecule has 106 valence electrons. The van der Waals surface area contributed by atoms with Crippen LogP contribution in [-0.4, -0.2) is 62.0 Å². The maximum Gasteiger partial charge on any atom is 0.227 e. The molecule has 0 aromatic heterocycles. The van der Waals surface area contributed by atoms with E-state index >= 15 is 0 Å². The highest BCUT2D eigenvalue weighted by Crippen LogP contribution is 2.22. The summed E-state index contributed by atoms with van der Waals surface area (Å²) in [5.41, 5.74) is 0. The molecule has 2 heterocycles. The summed E-state index contributed by atoms with van der Waals surface area (Å²) >= 11 is 0. The van der Waals surface area contributed by atoms with E-state index in [9.17, 15) is 4.79 Å². The third-order valence-corrected chi connectivity index (χ3v) is 3.88. The zero-order chi connectivity index (χ0) is 12.3. The smallest absolute Gasteiger partial charge is 0.227 e. The fraction of sp³-hybridized carbons (Fsp3) is 0.923. The van der Waals surface area contributed by atoms with E-state index < -0.39 is 0 Å². The fourth-order valence-electron chi connectivity index (χ4n) is 3.03. The zero-order valence-electron chi connectivity index (χ0n) is 11.5. The Balaban J connectivity index is 0.00000162. The van der Waals surface area contributed by atoms with Gasteiger partial charge in [-0.2, -0.15) is 0 Å². The van der Waals surface area contributed by atoms with Gasteiger partial charge in [-0.05, 0) is 46.3 Å². The summed E-state index contributed by atoms with van der Waals surface area (Å²) in [5, 5.41) is 3.34. The minimum atomic E-state index is 0. The van der Waals surface area contributed by atoms with Gasteiger partial charge >= 0.3 is 0 Å². The van der Waals surface area contributed by atoms with Gasteiger partial charge in [0.1, 0.15) is 0 Å². The van der Waals surface area contributed by atoms with Crippen LogP contribution in [0.15, 0.2) is 0 Å². The van der Waals surface area contributed by atoms with Crippen LogP contribution in [0.5, 0.6) is 0 Å². The summed E-state index contributed by atoms with van der Waals surface area (Å²) in [4.78, 5) is 16.8. The van der Waals surface area contributed by atoms with Crippen LogP contribution in [0.4, 0.5) is 0 Å². The van der Waals surface area contributed by atoms with Crippen LogP contribution in [0.3, 0.4) is 0 Å². The van der Waals surface area contributed by atoms with E-state index in [1.807, 2.05) is 0 Å². The number of halogens is 1. The van der Waals surface area contributed by atoms with Crippen LogP contribution >= 0.6 is 12.4 Å². The molecule has 0 aliphatic carbocycles. The molecule has 2 saturated heterocycles. The van der Waals surface area contributed by atoms with Crippen LogP contribution in [0, 0.1) is 5.92 Å². The highest BCUT2D eigenvalue weighted by atomic mass is 35.5. The van der Waals surface area contributed by atoms with Gasteiger partial charge in [0, 0.05) is 25.7 Å². The highest BCUT2D eigenvalue weighted by molar-refractivity contribution is 5.85. The van der Waals surface area contributed by atoms with Crippen molar-refractivity contribution in [2.24, 2.45) is 5.92 Å². The summed E-state index contributed by atoms with van der Waals surface area (Å²) in [6.45, 7) is 3.93. The molecule has 2 rings (SSSR count). The van der Waals surface area contributed by atoms with Crippen molar-refractivity contribution in [3.05, 3.63) is 0 Å². The van der Waals surface area contributed by atoms with E-state index in [4.69, 9.17) is 0 Å². The van der Waals surface area contributed by atoms with Crippen molar-refractivity contribution in [2.75, 3.05) is 40.3 Å². The molecule has 1 amide bonds. The average molecular weight is 276 g/mol. The molecule has 0 aromatic carbocycles. The first-order valence-corrected chi connectivity index (χ1v) is 6.84. The number of hydrogen-bond acceptors (Lipinski definition) is 3. The summed E-state index contributed by atoms with van der Waals surface area (Å²) in [5.74, 6) is 0.619. The van der Waals surface area contributed by atoms with E-state index in [1.165, 1.54) is 12.8 Å². The second kappa shape index (κ2) is 7.31. The molecule has 0 bridgehead atoms. The van der Waals surface area contributed by atoms with Crippen LogP contribution < -0.4 is 5.32 Å². The van der Waals surface area contributed by atoms with Gasteiger partial charge in [0.15, 0.2) is 0 Å². The number of hydrogen-bond donors (Lipinski definition) is 1. The Morgan fingerprint density at radius 2 is 2.11 bits per heavy atom. The van der Waals surface area contributed by atoms with Crippen molar-refractivity contribution in [3.8, 4) is 0 Å². The minimum absolute atomic E-state index is 0. The standard InChI is InChI=1S/C13H25N3O.ClH/c1-15(2)10-12-6-4-8-16(12)13(17)11-5-3-7-14-9-11;/h11-12,14H,3-10H2,1-2H3;1H/t11-,12?;/m1./s1. The summed E-state index contributed by atoms with van der Waals surface area (Å²) in [7, 11) is 4.17. The fourth-order valence-corrected chi connectivity index (χ4v) is 3.03. The van der Waals surface area contributed by atoms with Gasteiger partial charge in [-0.25, -0.2) is 0 Å². The maximum absolute atomic E-state index is 12.5. The number of carbonyl (C=O) groups is 1. The summed E-state index contributed by atoms with van der Waals surface area (Å²) < 4.78 is 0. The largest absolute Gasteiger partial charge is 0.338 e. The lowest BCUT2D eigenvalue weighted by Gasteiger charge is -2.32. The van der Waals surface area contributed by atoms with E-state index in [2.05, 4.69) is 29.2 Å². The zero-order valence-corrected chi connectivity index (χ0v) is 12.3. The first kappa shape index (κ1) is 15.7. The van der Waals surface area contributed by atoms with Gasteiger partial charge in [0.05, 0.1) is 5.92 Å². The molecule has 2 aliphatic rings. The van der Waals surface area contributed by atoms with Crippen molar-refractivity contribution in [3.63, 3.8) is 0 Å². The number of nitrogens with zero attached hydrogens (tertiary/aromatic N) is 2.